The molecule has 0 aliphatic carbocycles. The highest BCUT2D eigenvalue weighted by Crippen LogP contribution is 2.41. The van der Waals surface area contributed by atoms with Gasteiger partial charge in [-0.3, -0.25) is 14.6 Å². The Hall–Kier alpha value is -3.09. The number of Topliss-reactive ketones (excluding diaryl/α,β-unsaturated/α-hetero) is 1. The van der Waals surface area contributed by atoms with E-state index in [1.54, 1.807) is 48.8 Å². The fourth-order valence-electron chi connectivity index (χ4n) is 3.31. The summed E-state index contributed by atoms with van der Waals surface area (Å²) >= 11 is 12.2. The van der Waals surface area contributed by atoms with Gasteiger partial charge in [0, 0.05) is 18.9 Å². The van der Waals surface area contributed by atoms with Crippen molar-refractivity contribution in [1.29, 1.82) is 0 Å². The molecule has 0 radical (unpaired) electrons. The molecule has 4 rings (SSSR count). The first-order valence-electron chi connectivity index (χ1n) is 8.63. The number of hydrogen-bond donors (Lipinski definition) is 1. The largest absolute Gasteiger partial charge is 0.503 e. The van der Waals surface area contributed by atoms with Crippen LogP contribution in [0.1, 0.15) is 27.7 Å². The molecule has 146 valence electrons. The summed E-state index contributed by atoms with van der Waals surface area (Å²) in [5.41, 5.74) is 1.20. The van der Waals surface area contributed by atoms with Gasteiger partial charge in [0.2, 0.25) is 5.78 Å². The molecule has 1 unspecified atom stereocenters. The van der Waals surface area contributed by atoms with Gasteiger partial charge in [-0.05, 0) is 41.5 Å². The van der Waals surface area contributed by atoms with E-state index in [1.807, 2.05) is 0 Å². The number of aliphatic hydroxyl groups excluding tert-OH is 1. The van der Waals surface area contributed by atoms with Crippen LogP contribution in [0.3, 0.4) is 0 Å². The molecule has 1 amide bonds. The Morgan fingerprint density at radius 3 is 2.66 bits per heavy atom. The van der Waals surface area contributed by atoms with E-state index in [0.717, 1.165) is 5.56 Å². The number of benzene rings is 1. The molecule has 3 aromatic rings. The average molecular weight is 429 g/mol. The monoisotopic (exact) mass is 428 g/mol. The first kappa shape index (κ1) is 19.2. The lowest BCUT2D eigenvalue weighted by atomic mass is 9.95. The molecule has 1 aliphatic heterocycles. The van der Waals surface area contributed by atoms with Crippen molar-refractivity contribution in [2.75, 3.05) is 0 Å². The molecule has 0 saturated carbocycles. The molecule has 3 heterocycles. The Bertz CT molecular complexity index is 1110. The standard InChI is InChI=1S/C21H14Cl2N2O4/c22-14-6-5-13(9-15(14)23)18-17(19(26)16-4-2-8-29-16)20(27)21(28)25(18)11-12-3-1-7-24-10-12/h1-10,18,27H,11H2. The number of furan rings is 1. The maximum atomic E-state index is 13.0. The van der Waals surface area contributed by atoms with Crippen LogP contribution in [-0.4, -0.2) is 26.7 Å². The molecule has 2 aromatic heterocycles. The van der Waals surface area contributed by atoms with Crippen LogP contribution in [0.5, 0.6) is 0 Å². The number of ketones is 1. The number of amides is 1. The summed E-state index contributed by atoms with van der Waals surface area (Å²) in [6.07, 6.45) is 4.58. The topological polar surface area (TPSA) is 83.6 Å². The van der Waals surface area contributed by atoms with E-state index < -0.39 is 23.5 Å². The number of nitrogens with zero attached hydrogens (tertiary/aromatic N) is 2. The molecule has 1 aromatic carbocycles. The van der Waals surface area contributed by atoms with Gasteiger partial charge in [-0.2, -0.15) is 0 Å². The van der Waals surface area contributed by atoms with Crippen molar-refractivity contribution in [1.82, 2.24) is 9.88 Å². The van der Waals surface area contributed by atoms with Crippen LogP contribution >= 0.6 is 23.2 Å². The van der Waals surface area contributed by atoms with Crippen molar-refractivity contribution in [2.45, 2.75) is 12.6 Å². The van der Waals surface area contributed by atoms with E-state index in [2.05, 4.69) is 4.98 Å². The van der Waals surface area contributed by atoms with E-state index >= 15 is 0 Å². The zero-order chi connectivity index (χ0) is 20.5. The third-order valence-electron chi connectivity index (χ3n) is 4.63. The highest BCUT2D eigenvalue weighted by atomic mass is 35.5. The maximum absolute atomic E-state index is 13.0. The predicted molar refractivity (Wildman–Crippen MR) is 107 cm³/mol. The summed E-state index contributed by atoms with van der Waals surface area (Å²) in [6.45, 7) is 0.135. The molecule has 0 spiro atoms. The summed E-state index contributed by atoms with van der Waals surface area (Å²) in [7, 11) is 0. The van der Waals surface area contributed by atoms with Crippen molar-refractivity contribution in [3.63, 3.8) is 0 Å². The molecular weight excluding hydrogens is 415 g/mol. The minimum absolute atomic E-state index is 0.0210. The number of aromatic nitrogens is 1. The van der Waals surface area contributed by atoms with Gasteiger partial charge in [-0.25, -0.2) is 0 Å². The predicted octanol–water partition coefficient (Wildman–Crippen LogP) is 4.76. The summed E-state index contributed by atoms with van der Waals surface area (Å²) in [5, 5.41) is 11.2. The summed E-state index contributed by atoms with van der Waals surface area (Å²) < 4.78 is 5.19. The smallest absolute Gasteiger partial charge is 0.290 e. The summed E-state index contributed by atoms with van der Waals surface area (Å²) in [5.74, 6) is -1.84. The fraction of sp³-hybridized carbons (Fsp3) is 0.0952. The summed E-state index contributed by atoms with van der Waals surface area (Å²) in [6, 6.07) is 10.5. The number of carbonyl (C=O) groups is 2. The van der Waals surface area contributed by atoms with E-state index in [4.69, 9.17) is 27.6 Å². The first-order chi connectivity index (χ1) is 14.0. The molecule has 1 atom stereocenters. The Morgan fingerprint density at radius 2 is 2.00 bits per heavy atom. The fourth-order valence-corrected chi connectivity index (χ4v) is 3.61. The Balaban J connectivity index is 1.82. The quantitative estimate of drug-likeness (QED) is 0.592. The number of halogens is 2. The highest BCUT2D eigenvalue weighted by Gasteiger charge is 2.44. The number of carbonyl (C=O) groups excluding carboxylic acids is 2. The van der Waals surface area contributed by atoms with Crippen molar-refractivity contribution >= 4 is 34.9 Å². The average Bonchev–Trinajstić information content (AvgIpc) is 3.34. The van der Waals surface area contributed by atoms with Gasteiger partial charge in [0.15, 0.2) is 11.5 Å². The van der Waals surface area contributed by atoms with Crippen LogP contribution in [0.15, 0.2) is 76.9 Å². The van der Waals surface area contributed by atoms with Crippen LogP contribution in [0.4, 0.5) is 0 Å². The van der Waals surface area contributed by atoms with Crippen LogP contribution in [0.2, 0.25) is 10.0 Å². The van der Waals surface area contributed by atoms with Gasteiger partial charge in [0.25, 0.3) is 5.91 Å². The molecular formula is C21H14Cl2N2O4. The third kappa shape index (κ3) is 3.52. The maximum Gasteiger partial charge on any atom is 0.290 e. The van der Waals surface area contributed by atoms with Gasteiger partial charge in [-0.1, -0.05) is 35.3 Å². The van der Waals surface area contributed by atoms with Gasteiger partial charge < -0.3 is 14.4 Å². The normalized spacial score (nSPS) is 16.6. The van der Waals surface area contributed by atoms with Crippen molar-refractivity contribution in [3.8, 4) is 0 Å². The summed E-state index contributed by atoms with van der Waals surface area (Å²) in [4.78, 5) is 31.4. The van der Waals surface area contributed by atoms with Crippen LogP contribution < -0.4 is 0 Å². The van der Waals surface area contributed by atoms with Crippen molar-refractivity contribution in [2.24, 2.45) is 0 Å². The Morgan fingerprint density at radius 1 is 1.17 bits per heavy atom. The number of rotatable bonds is 5. The highest BCUT2D eigenvalue weighted by molar-refractivity contribution is 6.42. The van der Waals surface area contributed by atoms with E-state index in [9.17, 15) is 14.7 Å². The van der Waals surface area contributed by atoms with Crippen LogP contribution in [-0.2, 0) is 11.3 Å². The minimum Gasteiger partial charge on any atom is -0.503 e. The molecule has 8 heteroatoms. The SMILES string of the molecule is O=C(C1=C(O)C(=O)N(Cc2cccnc2)C1c1ccc(Cl)c(Cl)c1)c1ccco1. The number of pyridine rings is 1. The molecule has 1 N–H and O–H groups in total. The number of aliphatic hydroxyl groups is 1. The molecule has 6 nitrogen and oxygen atoms in total. The molecule has 0 saturated heterocycles. The lowest BCUT2D eigenvalue weighted by molar-refractivity contribution is -0.130. The lowest BCUT2D eigenvalue weighted by Gasteiger charge is -2.27. The molecule has 0 fully saturated rings. The van der Waals surface area contributed by atoms with E-state index in [-0.39, 0.29) is 22.9 Å². The zero-order valence-electron chi connectivity index (χ0n) is 14.9. The second-order valence-corrected chi connectivity index (χ2v) is 7.25. The van der Waals surface area contributed by atoms with E-state index in [1.165, 1.54) is 17.2 Å². The van der Waals surface area contributed by atoms with Gasteiger partial charge in [0.05, 0.1) is 27.9 Å². The van der Waals surface area contributed by atoms with E-state index in [0.29, 0.717) is 10.6 Å². The Kier molecular flexibility index (Phi) is 5.13. The van der Waals surface area contributed by atoms with Crippen molar-refractivity contribution in [3.05, 3.63) is 99.4 Å². The van der Waals surface area contributed by atoms with Crippen LogP contribution in [0.25, 0.3) is 0 Å². The van der Waals surface area contributed by atoms with Gasteiger partial charge in [-0.15, -0.1) is 0 Å². The van der Waals surface area contributed by atoms with Crippen LogP contribution in [0, 0.1) is 0 Å². The zero-order valence-corrected chi connectivity index (χ0v) is 16.4. The first-order valence-corrected chi connectivity index (χ1v) is 9.39. The minimum atomic E-state index is -0.866. The Labute approximate surface area is 176 Å². The van der Waals surface area contributed by atoms with Crippen molar-refractivity contribution < 1.29 is 19.1 Å². The second-order valence-electron chi connectivity index (χ2n) is 6.44. The lowest BCUT2D eigenvalue weighted by Crippen LogP contribution is -2.30. The van der Waals surface area contributed by atoms with Gasteiger partial charge >= 0.3 is 0 Å². The van der Waals surface area contributed by atoms with Gasteiger partial charge in [0.1, 0.15) is 0 Å². The molecule has 0 bridgehead atoms. The molecule has 29 heavy (non-hydrogen) atoms. The second kappa shape index (κ2) is 7.73. The third-order valence-corrected chi connectivity index (χ3v) is 5.37. The number of hydrogen-bond acceptors (Lipinski definition) is 5. The molecule has 1 aliphatic rings.